The van der Waals surface area contributed by atoms with Gasteiger partial charge in [0.25, 0.3) is 0 Å². The van der Waals surface area contributed by atoms with Crippen molar-refractivity contribution in [2.24, 2.45) is 11.7 Å². The topological polar surface area (TPSA) is 38.0 Å². The highest BCUT2D eigenvalue weighted by Gasteiger charge is 2.25. The first kappa shape index (κ1) is 11.3. The molecule has 0 saturated heterocycles. The summed E-state index contributed by atoms with van der Waals surface area (Å²) in [6, 6.07) is 5.23. The van der Waals surface area contributed by atoms with Gasteiger partial charge >= 0.3 is 0 Å². The largest absolute Gasteiger partial charge is 0.389 e. The molecule has 16 heavy (non-hydrogen) atoms. The molecule has 1 aliphatic carbocycles. The molecule has 1 fully saturated rings. The summed E-state index contributed by atoms with van der Waals surface area (Å²) in [5.41, 5.74) is 6.54. The molecule has 1 aromatic rings. The van der Waals surface area contributed by atoms with E-state index in [1.54, 1.807) is 12.1 Å². The van der Waals surface area contributed by atoms with Crippen molar-refractivity contribution >= 4 is 22.9 Å². The molecule has 1 aromatic carbocycles. The first-order valence-corrected chi connectivity index (χ1v) is 5.83. The Balaban J connectivity index is 2.07. The van der Waals surface area contributed by atoms with Crippen molar-refractivity contribution in [3.8, 4) is 0 Å². The third-order valence-electron chi connectivity index (χ3n) is 2.99. The van der Waals surface area contributed by atoms with E-state index in [1.165, 1.54) is 6.07 Å². The van der Waals surface area contributed by atoms with Gasteiger partial charge in [-0.25, -0.2) is 4.39 Å². The van der Waals surface area contributed by atoms with Crippen LogP contribution in [0.1, 0.15) is 25.3 Å². The first-order chi connectivity index (χ1) is 7.56. The van der Waals surface area contributed by atoms with E-state index in [1.807, 2.05) is 0 Å². The molecule has 0 heterocycles. The number of anilines is 1. The van der Waals surface area contributed by atoms with Crippen LogP contribution in [0.25, 0.3) is 0 Å². The molecule has 4 heteroatoms. The predicted octanol–water partition coefficient (Wildman–Crippen LogP) is 2.67. The van der Waals surface area contributed by atoms with Crippen molar-refractivity contribution in [2.45, 2.75) is 25.8 Å². The molecule has 0 aliphatic heterocycles. The molecule has 0 radical (unpaired) electrons. The number of benzene rings is 1. The number of nitrogens with one attached hydrogen (secondary N) is 1. The molecule has 1 aliphatic rings. The average molecular weight is 238 g/mol. The third kappa shape index (κ3) is 2.32. The second-order valence-corrected chi connectivity index (χ2v) is 4.92. The van der Waals surface area contributed by atoms with Crippen LogP contribution in [-0.4, -0.2) is 11.0 Å². The second kappa shape index (κ2) is 4.37. The lowest BCUT2D eigenvalue weighted by Gasteiger charge is -2.34. The highest BCUT2D eigenvalue weighted by Crippen LogP contribution is 2.30. The standard InChI is InChI=1S/C12H15FN2S/c1-7-4-9(5-7)15-11-3-2-8(12(14)16)6-10(11)13/h2-3,6-7,9,15H,4-5H2,1H3,(H2,14,16). The predicted molar refractivity (Wildman–Crippen MR) is 68.1 cm³/mol. The van der Waals surface area contributed by atoms with Crippen molar-refractivity contribution in [3.63, 3.8) is 0 Å². The second-order valence-electron chi connectivity index (χ2n) is 4.48. The number of rotatable bonds is 3. The summed E-state index contributed by atoms with van der Waals surface area (Å²) >= 11 is 4.79. The minimum Gasteiger partial charge on any atom is -0.389 e. The van der Waals surface area contributed by atoms with E-state index < -0.39 is 0 Å². The molecule has 0 unspecified atom stereocenters. The Labute approximate surface area is 100 Å². The minimum atomic E-state index is -0.287. The van der Waals surface area contributed by atoms with Crippen LogP contribution in [0.15, 0.2) is 18.2 Å². The zero-order valence-electron chi connectivity index (χ0n) is 9.16. The molecule has 0 aromatic heterocycles. The van der Waals surface area contributed by atoms with Gasteiger partial charge in [0.05, 0.1) is 5.69 Å². The Morgan fingerprint density at radius 3 is 2.69 bits per heavy atom. The normalized spacial score (nSPS) is 23.6. The fourth-order valence-electron chi connectivity index (χ4n) is 2.03. The van der Waals surface area contributed by atoms with E-state index in [-0.39, 0.29) is 10.8 Å². The third-order valence-corrected chi connectivity index (χ3v) is 3.22. The Morgan fingerprint density at radius 1 is 1.50 bits per heavy atom. The Bertz CT molecular complexity index is 413. The molecule has 2 nitrogen and oxygen atoms in total. The highest BCUT2D eigenvalue weighted by atomic mass is 32.1. The van der Waals surface area contributed by atoms with Crippen LogP contribution in [0.5, 0.6) is 0 Å². The van der Waals surface area contributed by atoms with Crippen molar-refractivity contribution in [2.75, 3.05) is 5.32 Å². The van der Waals surface area contributed by atoms with Crippen molar-refractivity contribution in [3.05, 3.63) is 29.6 Å². The smallest absolute Gasteiger partial charge is 0.146 e. The summed E-state index contributed by atoms with van der Waals surface area (Å²) in [4.78, 5) is 0.225. The number of hydrogen-bond donors (Lipinski definition) is 2. The van der Waals surface area contributed by atoms with Crippen LogP contribution < -0.4 is 11.1 Å². The number of halogens is 1. The molecule has 0 atom stereocenters. The van der Waals surface area contributed by atoms with Gasteiger partial charge in [0.15, 0.2) is 0 Å². The van der Waals surface area contributed by atoms with Gasteiger partial charge in [-0.3, -0.25) is 0 Å². The SMILES string of the molecule is CC1CC(Nc2ccc(C(N)=S)cc2F)C1. The number of hydrogen-bond acceptors (Lipinski definition) is 2. The summed E-state index contributed by atoms with van der Waals surface area (Å²) in [6.45, 7) is 2.20. The highest BCUT2D eigenvalue weighted by molar-refractivity contribution is 7.80. The summed E-state index contributed by atoms with van der Waals surface area (Å²) < 4.78 is 13.7. The van der Waals surface area contributed by atoms with Crippen molar-refractivity contribution in [1.82, 2.24) is 0 Å². The fraction of sp³-hybridized carbons (Fsp3) is 0.417. The Morgan fingerprint density at radius 2 is 2.19 bits per heavy atom. The van der Waals surface area contributed by atoms with E-state index in [2.05, 4.69) is 12.2 Å². The average Bonchev–Trinajstić information content (AvgIpc) is 2.18. The van der Waals surface area contributed by atoms with Gasteiger partial charge < -0.3 is 11.1 Å². The summed E-state index contributed by atoms with van der Waals surface area (Å²) in [7, 11) is 0. The lowest BCUT2D eigenvalue weighted by Crippen LogP contribution is -2.34. The molecule has 86 valence electrons. The Kier molecular flexibility index (Phi) is 3.10. The van der Waals surface area contributed by atoms with Crippen LogP contribution in [0, 0.1) is 11.7 Å². The molecule has 0 bridgehead atoms. The van der Waals surface area contributed by atoms with E-state index in [0.29, 0.717) is 17.3 Å². The lowest BCUT2D eigenvalue weighted by molar-refractivity contribution is 0.308. The van der Waals surface area contributed by atoms with Crippen LogP contribution in [0.4, 0.5) is 10.1 Å². The van der Waals surface area contributed by atoms with Gasteiger partial charge in [-0.15, -0.1) is 0 Å². The number of nitrogens with two attached hydrogens (primary N) is 1. The van der Waals surface area contributed by atoms with Crippen LogP contribution in [0.2, 0.25) is 0 Å². The van der Waals surface area contributed by atoms with Gasteiger partial charge in [-0.2, -0.15) is 0 Å². The zero-order chi connectivity index (χ0) is 11.7. The Hall–Kier alpha value is -1.16. The monoisotopic (exact) mass is 238 g/mol. The van der Waals surface area contributed by atoms with Crippen molar-refractivity contribution < 1.29 is 4.39 Å². The lowest BCUT2D eigenvalue weighted by atomic mass is 9.82. The van der Waals surface area contributed by atoms with Crippen molar-refractivity contribution in [1.29, 1.82) is 0 Å². The summed E-state index contributed by atoms with van der Waals surface area (Å²) in [5, 5.41) is 3.18. The van der Waals surface area contributed by atoms with Gasteiger partial charge in [-0.1, -0.05) is 19.1 Å². The van der Waals surface area contributed by atoms with Crippen LogP contribution >= 0.6 is 12.2 Å². The summed E-state index contributed by atoms with van der Waals surface area (Å²) in [5.74, 6) is 0.460. The van der Waals surface area contributed by atoms with E-state index in [4.69, 9.17) is 18.0 Å². The quantitative estimate of drug-likeness (QED) is 0.795. The zero-order valence-corrected chi connectivity index (χ0v) is 9.98. The summed E-state index contributed by atoms with van der Waals surface area (Å²) in [6.07, 6.45) is 2.22. The molecule has 3 N–H and O–H groups in total. The van der Waals surface area contributed by atoms with E-state index in [0.717, 1.165) is 18.8 Å². The van der Waals surface area contributed by atoms with Gasteiger partial charge in [-0.05, 0) is 37.0 Å². The van der Waals surface area contributed by atoms with Gasteiger partial charge in [0.2, 0.25) is 0 Å². The van der Waals surface area contributed by atoms with Gasteiger partial charge in [0, 0.05) is 11.6 Å². The maximum Gasteiger partial charge on any atom is 0.146 e. The molecule has 0 amide bonds. The maximum absolute atomic E-state index is 13.7. The molecule has 0 spiro atoms. The van der Waals surface area contributed by atoms with Gasteiger partial charge in [0.1, 0.15) is 10.8 Å². The van der Waals surface area contributed by atoms with Crippen LogP contribution in [0.3, 0.4) is 0 Å². The minimum absolute atomic E-state index is 0.225. The fourth-order valence-corrected chi connectivity index (χ4v) is 2.15. The van der Waals surface area contributed by atoms with E-state index in [9.17, 15) is 4.39 Å². The maximum atomic E-state index is 13.7. The molecule has 1 saturated carbocycles. The van der Waals surface area contributed by atoms with E-state index >= 15 is 0 Å². The molecular formula is C12H15FN2S. The number of thiocarbonyl (C=S) groups is 1. The molecular weight excluding hydrogens is 223 g/mol. The first-order valence-electron chi connectivity index (χ1n) is 5.42. The molecule has 2 rings (SSSR count). The van der Waals surface area contributed by atoms with Crippen LogP contribution in [-0.2, 0) is 0 Å².